The largest absolute Gasteiger partial charge is 0.342 e. The average Bonchev–Trinajstić information content (AvgIpc) is 2.75. The predicted octanol–water partition coefficient (Wildman–Crippen LogP) is 3.10. The molecule has 108 valence electrons. The smallest absolute Gasteiger partial charge is 0.269 e. The van der Waals surface area contributed by atoms with E-state index >= 15 is 0 Å². The van der Waals surface area contributed by atoms with Crippen LogP contribution in [0.3, 0.4) is 0 Å². The molecule has 0 aliphatic carbocycles. The molecule has 0 saturated carbocycles. The van der Waals surface area contributed by atoms with E-state index in [0.717, 1.165) is 31.5 Å². The number of nitrogens with zero attached hydrogens (tertiary/aromatic N) is 2. The van der Waals surface area contributed by atoms with Crippen molar-refractivity contribution in [3.05, 3.63) is 39.9 Å². The van der Waals surface area contributed by atoms with E-state index in [1.807, 2.05) is 11.8 Å². The lowest BCUT2D eigenvalue weighted by Crippen LogP contribution is -2.35. The van der Waals surface area contributed by atoms with Crippen molar-refractivity contribution < 1.29 is 9.72 Å². The van der Waals surface area contributed by atoms with Gasteiger partial charge < -0.3 is 4.90 Å². The van der Waals surface area contributed by atoms with E-state index in [-0.39, 0.29) is 17.5 Å². The van der Waals surface area contributed by atoms with Gasteiger partial charge >= 0.3 is 0 Å². The van der Waals surface area contributed by atoms with E-state index in [9.17, 15) is 14.9 Å². The highest BCUT2D eigenvalue weighted by molar-refractivity contribution is 5.83. The zero-order valence-electron chi connectivity index (χ0n) is 11.7. The summed E-state index contributed by atoms with van der Waals surface area (Å²) in [6.45, 7) is 3.53. The van der Waals surface area contributed by atoms with Crippen LogP contribution in [0.25, 0.3) is 0 Å². The van der Waals surface area contributed by atoms with Crippen LogP contribution in [0.5, 0.6) is 0 Å². The molecule has 1 aromatic carbocycles. The molecule has 0 radical (unpaired) electrons. The Kier molecular flexibility index (Phi) is 4.71. The first-order valence-electron chi connectivity index (χ1n) is 7.13. The molecule has 1 fully saturated rings. The topological polar surface area (TPSA) is 63.5 Å². The van der Waals surface area contributed by atoms with Gasteiger partial charge in [-0.25, -0.2) is 0 Å². The van der Waals surface area contributed by atoms with Crippen molar-refractivity contribution in [2.24, 2.45) is 0 Å². The van der Waals surface area contributed by atoms with Gasteiger partial charge in [-0.1, -0.05) is 25.0 Å². The maximum Gasteiger partial charge on any atom is 0.269 e. The van der Waals surface area contributed by atoms with Gasteiger partial charge in [-0.3, -0.25) is 14.9 Å². The highest BCUT2D eigenvalue weighted by Crippen LogP contribution is 2.22. The standard InChI is InChI=1S/C15H20N2O3/c1-12(13-6-8-14(9-7-13)17(19)20)15(18)16-10-4-2-3-5-11-16/h6-9,12H,2-5,10-11H2,1H3/t12-/m1/s1. The summed E-state index contributed by atoms with van der Waals surface area (Å²) in [5.74, 6) is -0.116. The van der Waals surface area contributed by atoms with Crippen molar-refractivity contribution in [2.75, 3.05) is 13.1 Å². The monoisotopic (exact) mass is 276 g/mol. The van der Waals surface area contributed by atoms with Gasteiger partial charge in [0.05, 0.1) is 10.8 Å². The fourth-order valence-corrected chi connectivity index (χ4v) is 2.59. The van der Waals surface area contributed by atoms with E-state index in [4.69, 9.17) is 0 Å². The molecular formula is C15H20N2O3. The van der Waals surface area contributed by atoms with Gasteiger partial charge in [-0.2, -0.15) is 0 Å². The van der Waals surface area contributed by atoms with Gasteiger partial charge in [0.25, 0.3) is 5.69 Å². The number of amides is 1. The van der Waals surface area contributed by atoms with Crippen LogP contribution < -0.4 is 0 Å². The van der Waals surface area contributed by atoms with Gasteiger partial charge in [0.2, 0.25) is 5.91 Å². The summed E-state index contributed by atoms with van der Waals surface area (Å²) in [5.41, 5.74) is 0.896. The molecule has 5 nitrogen and oxygen atoms in total. The summed E-state index contributed by atoms with van der Waals surface area (Å²) < 4.78 is 0. The molecule has 1 amide bonds. The first-order valence-corrected chi connectivity index (χ1v) is 7.13. The van der Waals surface area contributed by atoms with E-state index in [1.54, 1.807) is 12.1 Å². The zero-order valence-corrected chi connectivity index (χ0v) is 11.7. The fraction of sp³-hybridized carbons (Fsp3) is 0.533. The Hall–Kier alpha value is -1.91. The lowest BCUT2D eigenvalue weighted by atomic mass is 9.99. The molecule has 0 unspecified atom stereocenters. The van der Waals surface area contributed by atoms with Crippen LogP contribution in [0.2, 0.25) is 0 Å². The number of hydrogen-bond donors (Lipinski definition) is 0. The number of carbonyl (C=O) groups is 1. The quantitative estimate of drug-likeness (QED) is 0.629. The third kappa shape index (κ3) is 3.35. The number of nitro groups is 1. The van der Waals surface area contributed by atoms with Gasteiger partial charge in [0.15, 0.2) is 0 Å². The predicted molar refractivity (Wildman–Crippen MR) is 76.6 cm³/mol. The summed E-state index contributed by atoms with van der Waals surface area (Å²) in [6.07, 6.45) is 4.52. The maximum absolute atomic E-state index is 12.5. The van der Waals surface area contributed by atoms with Crippen LogP contribution in [0.15, 0.2) is 24.3 Å². The Morgan fingerprint density at radius 2 is 1.70 bits per heavy atom. The fourth-order valence-electron chi connectivity index (χ4n) is 2.59. The number of hydrogen-bond acceptors (Lipinski definition) is 3. The summed E-state index contributed by atoms with van der Waals surface area (Å²) in [6, 6.07) is 6.28. The third-order valence-electron chi connectivity index (χ3n) is 3.89. The molecular weight excluding hydrogens is 256 g/mol. The van der Waals surface area contributed by atoms with E-state index in [2.05, 4.69) is 0 Å². The van der Waals surface area contributed by atoms with Crippen LogP contribution in [0, 0.1) is 10.1 Å². The van der Waals surface area contributed by atoms with Crippen LogP contribution in [0.1, 0.15) is 44.1 Å². The highest BCUT2D eigenvalue weighted by atomic mass is 16.6. The zero-order chi connectivity index (χ0) is 14.5. The van der Waals surface area contributed by atoms with E-state index in [1.165, 1.54) is 25.0 Å². The van der Waals surface area contributed by atoms with Gasteiger partial charge in [0.1, 0.15) is 0 Å². The minimum Gasteiger partial charge on any atom is -0.342 e. The van der Waals surface area contributed by atoms with E-state index < -0.39 is 4.92 Å². The lowest BCUT2D eigenvalue weighted by molar-refractivity contribution is -0.384. The van der Waals surface area contributed by atoms with Crippen LogP contribution in [0.4, 0.5) is 5.69 Å². The number of carbonyl (C=O) groups excluding carboxylic acids is 1. The third-order valence-corrected chi connectivity index (χ3v) is 3.89. The van der Waals surface area contributed by atoms with Gasteiger partial charge in [0, 0.05) is 25.2 Å². The summed E-state index contributed by atoms with van der Waals surface area (Å²) in [7, 11) is 0. The van der Waals surface area contributed by atoms with Crippen LogP contribution in [-0.2, 0) is 4.79 Å². The molecule has 0 spiro atoms. The Bertz CT molecular complexity index is 476. The van der Waals surface area contributed by atoms with Gasteiger partial charge in [-0.15, -0.1) is 0 Å². The number of benzene rings is 1. The molecule has 1 saturated heterocycles. The highest BCUT2D eigenvalue weighted by Gasteiger charge is 2.23. The van der Waals surface area contributed by atoms with Crippen molar-refractivity contribution in [1.29, 1.82) is 0 Å². The Labute approximate surface area is 118 Å². The molecule has 2 rings (SSSR count). The summed E-state index contributed by atoms with van der Waals surface area (Å²) in [4.78, 5) is 24.6. The number of rotatable bonds is 3. The second-order valence-electron chi connectivity index (χ2n) is 5.31. The van der Waals surface area contributed by atoms with Crippen molar-refractivity contribution >= 4 is 11.6 Å². The normalized spacial score (nSPS) is 17.4. The molecule has 1 heterocycles. The first kappa shape index (κ1) is 14.5. The first-order chi connectivity index (χ1) is 9.59. The molecule has 5 heteroatoms. The lowest BCUT2D eigenvalue weighted by Gasteiger charge is -2.24. The molecule has 1 aromatic rings. The Balaban J connectivity index is 2.07. The van der Waals surface area contributed by atoms with Crippen molar-refractivity contribution in [3.63, 3.8) is 0 Å². The molecule has 1 atom stereocenters. The second kappa shape index (κ2) is 6.50. The number of likely N-dealkylation sites (tertiary alicyclic amines) is 1. The Morgan fingerprint density at radius 1 is 1.15 bits per heavy atom. The van der Waals surface area contributed by atoms with Crippen LogP contribution >= 0.6 is 0 Å². The molecule has 20 heavy (non-hydrogen) atoms. The van der Waals surface area contributed by atoms with Crippen molar-refractivity contribution in [2.45, 2.75) is 38.5 Å². The van der Waals surface area contributed by atoms with Gasteiger partial charge in [-0.05, 0) is 25.3 Å². The minimum absolute atomic E-state index is 0.0585. The number of non-ortho nitro benzene ring substituents is 1. The second-order valence-corrected chi connectivity index (χ2v) is 5.31. The summed E-state index contributed by atoms with van der Waals surface area (Å²) in [5, 5.41) is 10.6. The molecule has 0 aromatic heterocycles. The van der Waals surface area contributed by atoms with Crippen molar-refractivity contribution in [3.8, 4) is 0 Å². The molecule has 1 aliphatic heterocycles. The SMILES string of the molecule is C[C@@H](C(=O)N1CCCCCC1)c1ccc([N+](=O)[O-])cc1. The summed E-state index contributed by atoms with van der Waals surface area (Å²) >= 11 is 0. The van der Waals surface area contributed by atoms with Crippen molar-refractivity contribution in [1.82, 2.24) is 4.90 Å². The van der Waals surface area contributed by atoms with E-state index in [0.29, 0.717) is 0 Å². The number of nitro benzene ring substituents is 1. The molecule has 0 bridgehead atoms. The van der Waals surface area contributed by atoms with Crippen LogP contribution in [-0.4, -0.2) is 28.8 Å². The molecule has 1 aliphatic rings. The molecule has 0 N–H and O–H groups in total. The maximum atomic E-state index is 12.5. The Morgan fingerprint density at radius 3 is 2.20 bits per heavy atom. The average molecular weight is 276 g/mol. The minimum atomic E-state index is -0.426.